The maximum atomic E-state index is 12.4. The first-order valence-corrected chi connectivity index (χ1v) is 7.93. The number of halogens is 1. The van der Waals surface area contributed by atoms with Gasteiger partial charge in [0.2, 0.25) is 0 Å². The zero-order valence-electron chi connectivity index (χ0n) is 11.8. The fourth-order valence-corrected chi connectivity index (χ4v) is 2.62. The Balaban J connectivity index is 2.25. The second kappa shape index (κ2) is 7.84. The molecule has 2 aromatic carbocycles. The van der Waals surface area contributed by atoms with Crippen LogP contribution in [0.3, 0.4) is 0 Å². The number of rotatable bonds is 3. The Morgan fingerprint density at radius 3 is 2.43 bits per heavy atom. The molecule has 2 nitrogen and oxygen atoms in total. The van der Waals surface area contributed by atoms with E-state index in [4.69, 9.17) is 0 Å². The normalized spacial score (nSPS) is 9.62. The third-order valence-corrected chi connectivity index (χ3v) is 3.84. The molecule has 0 unspecified atom stereocenters. The van der Waals surface area contributed by atoms with E-state index < -0.39 is 0 Å². The summed E-state index contributed by atoms with van der Waals surface area (Å²) in [7, 11) is 0. The van der Waals surface area contributed by atoms with Crippen LogP contribution in [0.1, 0.15) is 18.9 Å². The summed E-state index contributed by atoms with van der Waals surface area (Å²) in [5.41, 5.74) is 1.78. The van der Waals surface area contributed by atoms with E-state index in [0.717, 1.165) is 21.2 Å². The number of para-hydroxylation sites is 1. The van der Waals surface area contributed by atoms with Gasteiger partial charge in [0.25, 0.3) is 0 Å². The number of hydrogen-bond acceptors (Lipinski definition) is 1. The Morgan fingerprint density at radius 2 is 1.76 bits per heavy atom. The number of nitrogens with zero attached hydrogens (tertiary/aromatic N) is 1. The van der Waals surface area contributed by atoms with Gasteiger partial charge in [-0.1, -0.05) is 43.2 Å². The minimum atomic E-state index is -0.162. The average molecular weight is 389 g/mol. The van der Waals surface area contributed by atoms with Crippen molar-refractivity contribution in [2.24, 2.45) is 0 Å². The fourth-order valence-electron chi connectivity index (χ4n) is 1.94. The van der Waals surface area contributed by atoms with Crippen LogP contribution in [0, 0.1) is 15.4 Å². The summed E-state index contributed by atoms with van der Waals surface area (Å²) >= 11 is 2.25. The summed E-state index contributed by atoms with van der Waals surface area (Å²) in [6.45, 7) is 2.73. The van der Waals surface area contributed by atoms with Crippen LogP contribution in [-0.2, 0) is 4.79 Å². The van der Waals surface area contributed by atoms with Gasteiger partial charge in [0.1, 0.15) is 0 Å². The standard InChI is InChI=1S/C18H16INO/c1-2-14-20(17-11-7-6-10-16(17)19)18(21)13-12-15-8-4-3-5-9-15/h3-11H,2,14H2,1H3. The minimum absolute atomic E-state index is 0.162. The number of hydrogen-bond donors (Lipinski definition) is 0. The molecule has 1 amide bonds. The quantitative estimate of drug-likeness (QED) is 0.572. The molecule has 21 heavy (non-hydrogen) atoms. The molecule has 0 fully saturated rings. The molecule has 0 aliphatic rings. The molecule has 0 heterocycles. The second-order valence-corrected chi connectivity index (χ2v) is 5.69. The largest absolute Gasteiger partial charge is 0.303 e. The minimum Gasteiger partial charge on any atom is -0.301 e. The Hall–Kier alpha value is -1.80. The Morgan fingerprint density at radius 1 is 1.10 bits per heavy atom. The first kappa shape index (κ1) is 15.6. The average Bonchev–Trinajstić information content (AvgIpc) is 2.52. The van der Waals surface area contributed by atoms with E-state index in [0.29, 0.717) is 6.54 Å². The molecule has 0 saturated heterocycles. The molecule has 0 radical (unpaired) electrons. The second-order valence-electron chi connectivity index (χ2n) is 4.52. The molecular formula is C18H16INO. The number of amides is 1. The maximum Gasteiger partial charge on any atom is 0.303 e. The molecule has 0 bridgehead atoms. The molecule has 0 atom stereocenters. The van der Waals surface area contributed by atoms with E-state index in [1.54, 1.807) is 4.90 Å². The van der Waals surface area contributed by atoms with Gasteiger partial charge in [-0.2, -0.15) is 0 Å². The lowest BCUT2D eigenvalue weighted by Crippen LogP contribution is -2.31. The molecule has 0 aliphatic carbocycles. The van der Waals surface area contributed by atoms with Crippen molar-refractivity contribution in [2.75, 3.05) is 11.4 Å². The SMILES string of the molecule is CCCN(C(=O)C#Cc1ccccc1)c1ccccc1I. The highest BCUT2D eigenvalue weighted by Gasteiger charge is 2.14. The van der Waals surface area contributed by atoms with Crippen LogP contribution in [0.25, 0.3) is 0 Å². The number of carbonyl (C=O) groups is 1. The van der Waals surface area contributed by atoms with E-state index in [-0.39, 0.29) is 5.91 Å². The van der Waals surface area contributed by atoms with Crippen LogP contribution < -0.4 is 4.90 Å². The summed E-state index contributed by atoms with van der Waals surface area (Å²) < 4.78 is 1.05. The van der Waals surface area contributed by atoms with Crippen LogP contribution in [0.5, 0.6) is 0 Å². The molecule has 2 aromatic rings. The predicted molar refractivity (Wildman–Crippen MR) is 95.1 cm³/mol. The molecule has 0 aromatic heterocycles. The van der Waals surface area contributed by atoms with Crippen molar-refractivity contribution < 1.29 is 4.79 Å². The third kappa shape index (κ3) is 4.33. The van der Waals surface area contributed by atoms with Crippen LogP contribution in [0.15, 0.2) is 54.6 Å². The Labute approximate surface area is 139 Å². The van der Waals surface area contributed by atoms with Crippen molar-refractivity contribution in [3.05, 3.63) is 63.7 Å². The molecular weight excluding hydrogens is 373 g/mol. The number of benzene rings is 2. The van der Waals surface area contributed by atoms with Gasteiger partial charge in [0, 0.05) is 21.6 Å². The molecule has 2 rings (SSSR count). The lowest BCUT2D eigenvalue weighted by Gasteiger charge is -2.20. The van der Waals surface area contributed by atoms with E-state index in [1.807, 2.05) is 54.6 Å². The Bertz CT molecular complexity index is 670. The fraction of sp³-hybridized carbons (Fsp3) is 0.167. The molecule has 106 valence electrons. The zero-order valence-corrected chi connectivity index (χ0v) is 14.0. The highest BCUT2D eigenvalue weighted by atomic mass is 127. The van der Waals surface area contributed by atoms with Crippen molar-refractivity contribution in [3.63, 3.8) is 0 Å². The number of carbonyl (C=O) groups excluding carboxylic acids is 1. The van der Waals surface area contributed by atoms with Crippen LogP contribution in [0.2, 0.25) is 0 Å². The molecule has 0 saturated carbocycles. The summed E-state index contributed by atoms with van der Waals surface area (Å²) in [6, 6.07) is 17.4. The van der Waals surface area contributed by atoms with Crippen molar-refractivity contribution in [1.82, 2.24) is 0 Å². The van der Waals surface area contributed by atoms with Gasteiger partial charge in [0.15, 0.2) is 0 Å². The number of anilines is 1. The molecule has 3 heteroatoms. The lowest BCUT2D eigenvalue weighted by atomic mass is 10.2. The lowest BCUT2D eigenvalue weighted by molar-refractivity contribution is -0.113. The van der Waals surface area contributed by atoms with E-state index in [9.17, 15) is 4.79 Å². The van der Waals surface area contributed by atoms with E-state index in [2.05, 4.69) is 41.4 Å². The first-order valence-electron chi connectivity index (χ1n) is 6.85. The van der Waals surface area contributed by atoms with Gasteiger partial charge in [-0.15, -0.1) is 0 Å². The highest BCUT2D eigenvalue weighted by Crippen LogP contribution is 2.22. The predicted octanol–water partition coefficient (Wildman–Crippen LogP) is 4.09. The van der Waals surface area contributed by atoms with Gasteiger partial charge in [-0.3, -0.25) is 4.79 Å². The molecule has 0 aliphatic heterocycles. The molecule has 0 N–H and O–H groups in total. The highest BCUT2D eigenvalue weighted by molar-refractivity contribution is 14.1. The Kier molecular flexibility index (Phi) is 5.82. The van der Waals surface area contributed by atoms with E-state index in [1.165, 1.54) is 0 Å². The summed E-state index contributed by atoms with van der Waals surface area (Å²) in [4.78, 5) is 14.2. The van der Waals surface area contributed by atoms with E-state index >= 15 is 0 Å². The van der Waals surface area contributed by atoms with Crippen molar-refractivity contribution in [3.8, 4) is 11.8 Å². The van der Waals surface area contributed by atoms with Gasteiger partial charge in [-0.25, -0.2) is 0 Å². The van der Waals surface area contributed by atoms with Crippen molar-refractivity contribution in [2.45, 2.75) is 13.3 Å². The van der Waals surface area contributed by atoms with Gasteiger partial charge in [0.05, 0.1) is 5.69 Å². The maximum absolute atomic E-state index is 12.4. The van der Waals surface area contributed by atoms with Gasteiger partial charge in [-0.05, 0) is 53.3 Å². The van der Waals surface area contributed by atoms with Gasteiger partial charge >= 0.3 is 5.91 Å². The van der Waals surface area contributed by atoms with Crippen LogP contribution >= 0.6 is 22.6 Å². The zero-order chi connectivity index (χ0) is 15.1. The van der Waals surface area contributed by atoms with Crippen LogP contribution in [-0.4, -0.2) is 12.5 Å². The van der Waals surface area contributed by atoms with Gasteiger partial charge < -0.3 is 4.90 Å². The smallest absolute Gasteiger partial charge is 0.301 e. The molecule has 0 spiro atoms. The summed E-state index contributed by atoms with van der Waals surface area (Å²) in [5.74, 6) is 5.51. The first-order chi connectivity index (χ1) is 10.2. The van der Waals surface area contributed by atoms with Crippen LogP contribution in [0.4, 0.5) is 5.69 Å². The summed E-state index contributed by atoms with van der Waals surface area (Å²) in [5, 5.41) is 0. The summed E-state index contributed by atoms with van der Waals surface area (Å²) in [6.07, 6.45) is 0.893. The topological polar surface area (TPSA) is 20.3 Å². The third-order valence-electron chi connectivity index (χ3n) is 2.92. The monoisotopic (exact) mass is 389 g/mol. The van der Waals surface area contributed by atoms with Crippen molar-refractivity contribution in [1.29, 1.82) is 0 Å². The van der Waals surface area contributed by atoms with Crippen molar-refractivity contribution >= 4 is 34.2 Å².